The molecule has 0 bridgehead atoms. The Balaban J connectivity index is 2.94. The quantitative estimate of drug-likeness (QED) is 0.798. The lowest BCUT2D eigenvalue weighted by Gasteiger charge is -2.08. The van der Waals surface area contributed by atoms with Gasteiger partial charge in [0.1, 0.15) is 5.82 Å². The molecule has 1 aromatic rings. The van der Waals surface area contributed by atoms with E-state index in [1.165, 1.54) is 0 Å². The number of carbonyl (C=O) groups is 1. The summed E-state index contributed by atoms with van der Waals surface area (Å²) in [5.41, 5.74) is -0.905. The van der Waals surface area contributed by atoms with Crippen LogP contribution in [0.4, 0.5) is 18.9 Å². The molecular formula is C9H8F3NO4S. The molecule has 100 valence electrons. The predicted molar refractivity (Wildman–Crippen MR) is 56.0 cm³/mol. The molecule has 2 N–H and O–H groups in total. The molecule has 9 heteroatoms. The van der Waals surface area contributed by atoms with E-state index in [1.807, 2.05) is 0 Å². The number of hydrogen-bond acceptors (Lipinski definition) is 3. The Morgan fingerprint density at radius 3 is 2.44 bits per heavy atom. The average molecular weight is 283 g/mol. The SMILES string of the molecule is O=C(O)CCS(=O)(=O)Nc1cc(F)cc(F)c1F. The molecule has 1 aromatic carbocycles. The predicted octanol–water partition coefficient (Wildman–Crippen LogP) is 1.32. The van der Waals surface area contributed by atoms with Gasteiger partial charge in [0, 0.05) is 12.1 Å². The van der Waals surface area contributed by atoms with Gasteiger partial charge >= 0.3 is 5.97 Å². The standard InChI is InChI=1S/C9H8F3NO4S/c10-5-3-6(11)9(12)7(4-5)13-18(16,17)2-1-8(14)15/h3-4,13H,1-2H2,(H,14,15). The summed E-state index contributed by atoms with van der Waals surface area (Å²) in [5, 5.41) is 8.30. The van der Waals surface area contributed by atoms with E-state index in [2.05, 4.69) is 0 Å². The first-order valence-electron chi connectivity index (χ1n) is 4.58. The van der Waals surface area contributed by atoms with Crippen molar-refractivity contribution in [3.63, 3.8) is 0 Å². The van der Waals surface area contributed by atoms with Gasteiger partial charge in [-0.25, -0.2) is 21.6 Å². The van der Waals surface area contributed by atoms with E-state index in [-0.39, 0.29) is 6.07 Å². The minimum atomic E-state index is -4.19. The van der Waals surface area contributed by atoms with E-state index in [0.29, 0.717) is 6.07 Å². The molecule has 0 amide bonds. The smallest absolute Gasteiger partial charge is 0.304 e. The van der Waals surface area contributed by atoms with Gasteiger partial charge in [0.25, 0.3) is 0 Å². The van der Waals surface area contributed by atoms with Crippen molar-refractivity contribution in [2.45, 2.75) is 6.42 Å². The highest BCUT2D eigenvalue weighted by atomic mass is 32.2. The lowest BCUT2D eigenvalue weighted by Crippen LogP contribution is -2.20. The van der Waals surface area contributed by atoms with Gasteiger partial charge in [-0.1, -0.05) is 0 Å². The number of carboxylic acids is 1. The highest BCUT2D eigenvalue weighted by Gasteiger charge is 2.18. The van der Waals surface area contributed by atoms with Gasteiger partial charge in [-0.2, -0.15) is 0 Å². The van der Waals surface area contributed by atoms with Crippen LogP contribution in [0.3, 0.4) is 0 Å². The third kappa shape index (κ3) is 3.91. The van der Waals surface area contributed by atoms with Crippen LogP contribution in [0.2, 0.25) is 0 Å². The Kier molecular flexibility index (Phi) is 4.17. The van der Waals surface area contributed by atoms with Crippen LogP contribution >= 0.6 is 0 Å². The molecule has 0 saturated carbocycles. The fraction of sp³-hybridized carbons (Fsp3) is 0.222. The number of aliphatic carboxylic acids is 1. The molecule has 0 aliphatic heterocycles. The van der Waals surface area contributed by atoms with Gasteiger partial charge in [-0.3, -0.25) is 9.52 Å². The Hall–Kier alpha value is -1.77. The first-order valence-corrected chi connectivity index (χ1v) is 6.23. The zero-order chi connectivity index (χ0) is 13.9. The average Bonchev–Trinajstić information content (AvgIpc) is 2.22. The van der Waals surface area contributed by atoms with Gasteiger partial charge in [0.15, 0.2) is 11.6 Å². The minimum absolute atomic E-state index is 0.254. The summed E-state index contributed by atoms with van der Waals surface area (Å²) >= 11 is 0. The van der Waals surface area contributed by atoms with Gasteiger partial charge in [-0.15, -0.1) is 0 Å². The number of sulfonamides is 1. The van der Waals surface area contributed by atoms with Crippen LogP contribution in [0.15, 0.2) is 12.1 Å². The Bertz CT molecular complexity index is 573. The van der Waals surface area contributed by atoms with E-state index < -0.39 is 51.3 Å². The van der Waals surface area contributed by atoms with E-state index in [9.17, 15) is 26.4 Å². The Labute approximate surface area is 100 Å². The molecule has 0 fully saturated rings. The molecule has 0 heterocycles. The van der Waals surface area contributed by atoms with E-state index >= 15 is 0 Å². The van der Waals surface area contributed by atoms with Crippen LogP contribution in [-0.4, -0.2) is 25.2 Å². The molecule has 0 aliphatic carbocycles. The second-order valence-electron chi connectivity index (χ2n) is 3.31. The maximum Gasteiger partial charge on any atom is 0.304 e. The molecule has 0 radical (unpaired) electrons. The van der Waals surface area contributed by atoms with Crippen molar-refractivity contribution in [1.29, 1.82) is 0 Å². The summed E-state index contributed by atoms with van der Waals surface area (Å²) in [4.78, 5) is 10.2. The second-order valence-corrected chi connectivity index (χ2v) is 5.16. The van der Waals surface area contributed by atoms with Crippen LogP contribution in [-0.2, 0) is 14.8 Å². The second kappa shape index (κ2) is 5.25. The highest BCUT2D eigenvalue weighted by molar-refractivity contribution is 7.92. The summed E-state index contributed by atoms with van der Waals surface area (Å²) in [6.07, 6.45) is -0.714. The molecule has 5 nitrogen and oxygen atoms in total. The molecule has 0 aromatic heterocycles. The topological polar surface area (TPSA) is 83.5 Å². The molecular weight excluding hydrogens is 275 g/mol. The third-order valence-electron chi connectivity index (χ3n) is 1.84. The van der Waals surface area contributed by atoms with Crippen LogP contribution in [0.25, 0.3) is 0 Å². The fourth-order valence-corrected chi connectivity index (χ4v) is 2.10. The number of rotatable bonds is 5. The first kappa shape index (κ1) is 14.3. The lowest BCUT2D eigenvalue weighted by atomic mass is 10.3. The minimum Gasteiger partial charge on any atom is -0.481 e. The van der Waals surface area contributed by atoms with E-state index in [1.54, 1.807) is 4.72 Å². The Morgan fingerprint density at radius 2 is 1.89 bits per heavy atom. The van der Waals surface area contributed by atoms with Gasteiger partial charge < -0.3 is 5.11 Å². The van der Waals surface area contributed by atoms with Gasteiger partial charge in [0.05, 0.1) is 17.9 Å². The maximum atomic E-state index is 13.1. The van der Waals surface area contributed by atoms with Gasteiger partial charge in [0.2, 0.25) is 10.0 Å². The zero-order valence-corrected chi connectivity index (χ0v) is 9.60. The number of anilines is 1. The molecule has 0 atom stereocenters. The van der Waals surface area contributed by atoms with Crippen molar-refractivity contribution in [2.75, 3.05) is 10.5 Å². The third-order valence-corrected chi connectivity index (χ3v) is 3.12. The number of carboxylic acid groups (broad SMARTS) is 1. The number of benzene rings is 1. The summed E-state index contributed by atoms with van der Waals surface area (Å²) in [6, 6.07) is 0.709. The molecule has 0 unspecified atom stereocenters. The number of nitrogens with one attached hydrogen (secondary N) is 1. The largest absolute Gasteiger partial charge is 0.481 e. The summed E-state index contributed by atoms with van der Waals surface area (Å²) in [7, 11) is -4.19. The van der Waals surface area contributed by atoms with Crippen molar-refractivity contribution in [2.24, 2.45) is 0 Å². The van der Waals surface area contributed by atoms with Crippen molar-refractivity contribution < 1.29 is 31.5 Å². The van der Waals surface area contributed by atoms with E-state index in [0.717, 1.165) is 0 Å². The van der Waals surface area contributed by atoms with Crippen LogP contribution in [0.1, 0.15) is 6.42 Å². The summed E-state index contributed by atoms with van der Waals surface area (Å²) < 4.78 is 62.8. The molecule has 0 spiro atoms. The Morgan fingerprint density at radius 1 is 1.28 bits per heavy atom. The van der Waals surface area contributed by atoms with E-state index in [4.69, 9.17) is 5.11 Å². The van der Waals surface area contributed by atoms with Gasteiger partial charge in [-0.05, 0) is 0 Å². The zero-order valence-electron chi connectivity index (χ0n) is 8.78. The molecule has 18 heavy (non-hydrogen) atoms. The van der Waals surface area contributed by atoms with Crippen molar-refractivity contribution in [3.05, 3.63) is 29.6 Å². The molecule has 0 saturated heterocycles. The normalized spacial score (nSPS) is 11.3. The van der Waals surface area contributed by atoms with Crippen LogP contribution in [0, 0.1) is 17.5 Å². The maximum absolute atomic E-state index is 13.1. The number of hydrogen-bond donors (Lipinski definition) is 2. The number of halogens is 3. The molecule has 1 rings (SSSR count). The summed E-state index contributed by atoms with van der Waals surface area (Å²) in [6.45, 7) is 0. The monoisotopic (exact) mass is 283 g/mol. The van der Waals surface area contributed by atoms with Crippen molar-refractivity contribution in [3.8, 4) is 0 Å². The van der Waals surface area contributed by atoms with Crippen LogP contribution < -0.4 is 4.72 Å². The fourth-order valence-electron chi connectivity index (χ4n) is 1.07. The lowest BCUT2D eigenvalue weighted by molar-refractivity contribution is -0.136. The van der Waals surface area contributed by atoms with Crippen molar-refractivity contribution in [1.82, 2.24) is 0 Å². The highest BCUT2D eigenvalue weighted by Crippen LogP contribution is 2.20. The molecule has 0 aliphatic rings. The van der Waals surface area contributed by atoms with Crippen molar-refractivity contribution >= 4 is 21.7 Å². The van der Waals surface area contributed by atoms with Crippen LogP contribution in [0.5, 0.6) is 0 Å². The summed E-state index contributed by atoms with van der Waals surface area (Å²) in [5.74, 6) is -6.47. The first-order chi connectivity index (χ1) is 8.21.